The quantitative estimate of drug-likeness (QED) is 0.434. The Morgan fingerprint density at radius 3 is 1.58 bits per heavy atom. The van der Waals surface area contributed by atoms with Crippen molar-refractivity contribution in [2.45, 2.75) is 19.8 Å². The van der Waals surface area contributed by atoms with Crippen LogP contribution in [0.3, 0.4) is 0 Å². The van der Waals surface area contributed by atoms with Crippen LogP contribution >= 0.6 is 0 Å². The van der Waals surface area contributed by atoms with E-state index >= 15 is 0 Å². The molecule has 1 fully saturated rings. The smallest absolute Gasteiger partial charge is 0.418 e. The highest BCUT2D eigenvalue weighted by Crippen LogP contribution is 2.06. The number of piperidine rings is 1. The molecule has 0 saturated carbocycles. The molecule has 74 valence electrons. The normalized spacial score (nSPS) is 19.8. The zero-order chi connectivity index (χ0) is 9.61. The van der Waals surface area contributed by atoms with Gasteiger partial charge in [0.1, 0.15) is 0 Å². The predicted octanol–water partition coefficient (Wildman–Crippen LogP) is 1.28. The predicted molar refractivity (Wildman–Crippen MR) is 40.2 cm³/mol. The fourth-order valence-corrected chi connectivity index (χ4v) is 1.09. The van der Waals surface area contributed by atoms with E-state index in [1.165, 1.54) is 25.9 Å². The second-order valence-electron chi connectivity index (χ2n) is 3.04. The van der Waals surface area contributed by atoms with Crippen LogP contribution in [-0.4, -0.2) is 20.3 Å². The maximum atomic E-state index is 9.75. The van der Waals surface area contributed by atoms with E-state index in [9.17, 15) is 17.3 Å². The topological polar surface area (TPSA) is 16.6 Å². The molecular formula is C6H14BF4N. The van der Waals surface area contributed by atoms with Gasteiger partial charge in [0.15, 0.2) is 0 Å². The van der Waals surface area contributed by atoms with Crippen molar-refractivity contribution in [3.8, 4) is 0 Å². The molecule has 1 heterocycles. The van der Waals surface area contributed by atoms with Gasteiger partial charge in [-0.15, -0.1) is 0 Å². The van der Waals surface area contributed by atoms with E-state index in [1.54, 1.807) is 0 Å². The van der Waals surface area contributed by atoms with Crippen LogP contribution < -0.4 is 5.32 Å². The third-order valence-electron chi connectivity index (χ3n) is 1.73. The molecule has 0 aliphatic carbocycles. The summed E-state index contributed by atoms with van der Waals surface area (Å²) in [5.41, 5.74) is 0. The van der Waals surface area contributed by atoms with Gasteiger partial charge in [0, 0.05) is 0 Å². The zero-order valence-electron chi connectivity index (χ0n) is 7.07. The molecule has 2 N–H and O–H groups in total. The minimum atomic E-state index is -6.00. The molecule has 6 heteroatoms. The second kappa shape index (κ2) is 5.40. The summed E-state index contributed by atoms with van der Waals surface area (Å²) >= 11 is 0. The van der Waals surface area contributed by atoms with E-state index in [0.29, 0.717) is 0 Å². The number of hydrogen-bond donors (Lipinski definition) is 1. The molecule has 0 aromatic heterocycles. The van der Waals surface area contributed by atoms with Crippen molar-refractivity contribution in [1.29, 1.82) is 0 Å². The van der Waals surface area contributed by atoms with Gasteiger partial charge in [0.05, 0.1) is 13.1 Å². The van der Waals surface area contributed by atoms with Crippen molar-refractivity contribution in [3.05, 3.63) is 0 Å². The number of hydrogen-bond acceptors (Lipinski definition) is 0. The van der Waals surface area contributed by atoms with Crippen molar-refractivity contribution < 1.29 is 22.6 Å². The maximum Gasteiger partial charge on any atom is 0.673 e. The zero-order valence-corrected chi connectivity index (χ0v) is 7.07. The Labute approximate surface area is 69.6 Å². The van der Waals surface area contributed by atoms with Crippen molar-refractivity contribution in [3.63, 3.8) is 0 Å². The summed E-state index contributed by atoms with van der Waals surface area (Å²) < 4.78 is 39.0. The molecule has 0 aromatic rings. The largest absolute Gasteiger partial charge is 0.673 e. The van der Waals surface area contributed by atoms with Crippen molar-refractivity contribution in [2.24, 2.45) is 5.92 Å². The monoisotopic (exact) mass is 187 g/mol. The minimum Gasteiger partial charge on any atom is -0.418 e. The van der Waals surface area contributed by atoms with Gasteiger partial charge in [-0.3, -0.25) is 0 Å². The van der Waals surface area contributed by atoms with Gasteiger partial charge in [0.25, 0.3) is 0 Å². The minimum absolute atomic E-state index is 1.00. The fourth-order valence-electron chi connectivity index (χ4n) is 1.09. The number of rotatable bonds is 0. The van der Waals surface area contributed by atoms with Gasteiger partial charge in [-0.05, 0) is 18.8 Å². The van der Waals surface area contributed by atoms with Crippen LogP contribution in [0.15, 0.2) is 0 Å². The van der Waals surface area contributed by atoms with Crippen LogP contribution in [-0.2, 0) is 0 Å². The lowest BCUT2D eigenvalue weighted by Crippen LogP contribution is -2.86. The molecule has 0 spiro atoms. The van der Waals surface area contributed by atoms with E-state index < -0.39 is 7.25 Å². The molecule has 0 bridgehead atoms. The summed E-state index contributed by atoms with van der Waals surface area (Å²) in [5, 5.41) is 2.40. The van der Waals surface area contributed by atoms with Crippen LogP contribution in [0, 0.1) is 5.92 Å². The SMILES string of the molecule is CC1CC[NH2+]CC1.F[B-](F)(F)F. The molecule has 1 aliphatic rings. The van der Waals surface area contributed by atoms with Gasteiger partial charge in [-0.25, -0.2) is 0 Å². The third kappa shape index (κ3) is 12.4. The molecule has 0 atom stereocenters. The second-order valence-corrected chi connectivity index (χ2v) is 3.04. The average Bonchev–Trinajstić information content (AvgIpc) is 1.85. The molecule has 0 amide bonds. The van der Waals surface area contributed by atoms with E-state index in [4.69, 9.17) is 0 Å². The molecule has 1 nitrogen and oxygen atoms in total. The summed E-state index contributed by atoms with van der Waals surface area (Å²) in [6.07, 6.45) is 2.86. The first-order chi connectivity index (χ1) is 5.39. The Bertz CT molecular complexity index is 105. The van der Waals surface area contributed by atoms with E-state index in [-0.39, 0.29) is 0 Å². The van der Waals surface area contributed by atoms with Gasteiger partial charge in [-0.1, -0.05) is 6.92 Å². The van der Waals surface area contributed by atoms with Crippen molar-refractivity contribution >= 4 is 7.25 Å². The fraction of sp³-hybridized carbons (Fsp3) is 1.00. The molecule has 1 saturated heterocycles. The highest BCUT2D eigenvalue weighted by atomic mass is 19.5. The van der Waals surface area contributed by atoms with Gasteiger partial charge < -0.3 is 22.6 Å². The Hall–Kier alpha value is -0.255. The standard InChI is InChI=1S/C6H13N.BF4/c1-6-2-4-7-5-3-6;2-1(3,4)5/h6-7H,2-5H2,1H3;/q;-1/p+1. The average molecular weight is 187 g/mol. The van der Waals surface area contributed by atoms with Crippen molar-refractivity contribution in [1.82, 2.24) is 0 Å². The highest BCUT2D eigenvalue weighted by molar-refractivity contribution is 6.50. The maximum absolute atomic E-state index is 9.75. The van der Waals surface area contributed by atoms with Gasteiger partial charge in [-0.2, -0.15) is 0 Å². The summed E-state index contributed by atoms with van der Waals surface area (Å²) in [7, 11) is -6.00. The van der Waals surface area contributed by atoms with Crippen LogP contribution in [0.1, 0.15) is 19.8 Å². The summed E-state index contributed by atoms with van der Waals surface area (Å²) in [6.45, 7) is 5.06. The van der Waals surface area contributed by atoms with E-state index in [0.717, 1.165) is 5.92 Å². The summed E-state index contributed by atoms with van der Waals surface area (Å²) in [4.78, 5) is 0. The molecule has 12 heavy (non-hydrogen) atoms. The highest BCUT2D eigenvalue weighted by Gasteiger charge is 2.20. The molecular weight excluding hydrogens is 173 g/mol. The molecule has 0 radical (unpaired) electrons. The van der Waals surface area contributed by atoms with Crippen molar-refractivity contribution in [2.75, 3.05) is 13.1 Å². The Balaban J connectivity index is 0.000000217. The number of quaternary nitrogens is 1. The lowest BCUT2D eigenvalue weighted by atomic mass is 10.0. The first-order valence-electron chi connectivity index (χ1n) is 4.08. The Morgan fingerprint density at radius 1 is 1.08 bits per heavy atom. The molecule has 1 aliphatic heterocycles. The molecule has 1 rings (SSSR count). The van der Waals surface area contributed by atoms with E-state index in [2.05, 4.69) is 12.2 Å². The molecule has 0 unspecified atom stereocenters. The molecule has 0 aromatic carbocycles. The lowest BCUT2D eigenvalue weighted by molar-refractivity contribution is -0.664. The Kier molecular flexibility index (Phi) is 5.29. The first kappa shape index (κ1) is 11.7. The van der Waals surface area contributed by atoms with Crippen LogP contribution in [0.4, 0.5) is 17.3 Å². The first-order valence-corrected chi connectivity index (χ1v) is 4.08. The summed E-state index contributed by atoms with van der Waals surface area (Å²) in [5.74, 6) is 1.00. The van der Waals surface area contributed by atoms with Gasteiger partial charge in [0.2, 0.25) is 0 Å². The summed E-state index contributed by atoms with van der Waals surface area (Å²) in [6, 6.07) is 0. The van der Waals surface area contributed by atoms with Crippen LogP contribution in [0.2, 0.25) is 0 Å². The van der Waals surface area contributed by atoms with Crippen LogP contribution in [0.25, 0.3) is 0 Å². The Morgan fingerprint density at radius 2 is 1.42 bits per heavy atom. The third-order valence-corrected chi connectivity index (χ3v) is 1.73. The number of nitrogens with two attached hydrogens (primary N) is 1. The number of halogens is 4. The van der Waals surface area contributed by atoms with E-state index in [1.807, 2.05) is 0 Å². The van der Waals surface area contributed by atoms with Crippen LogP contribution in [0.5, 0.6) is 0 Å². The lowest BCUT2D eigenvalue weighted by Gasteiger charge is -2.14. The van der Waals surface area contributed by atoms with Gasteiger partial charge >= 0.3 is 7.25 Å².